The fraction of sp³-hybridized carbons (Fsp3) is 0.308. The van der Waals surface area contributed by atoms with Crippen LogP contribution < -0.4 is 5.32 Å². The van der Waals surface area contributed by atoms with Crippen molar-refractivity contribution in [3.05, 3.63) is 36.9 Å². The zero-order valence-electron chi connectivity index (χ0n) is 10.9. The van der Waals surface area contributed by atoms with E-state index in [1.807, 2.05) is 40.0 Å². The monoisotopic (exact) mass is 273 g/mol. The van der Waals surface area contributed by atoms with Crippen LogP contribution in [0.3, 0.4) is 0 Å². The van der Waals surface area contributed by atoms with Gasteiger partial charge in [0.1, 0.15) is 0 Å². The van der Waals surface area contributed by atoms with E-state index in [0.717, 1.165) is 5.69 Å². The maximum Gasteiger partial charge on any atom is 0.324 e. The molecule has 0 unspecified atom stereocenters. The Balaban J connectivity index is 1.54. The number of hydrogen-bond donors (Lipinski definition) is 1. The van der Waals surface area contributed by atoms with Gasteiger partial charge in [-0.3, -0.25) is 14.4 Å². The van der Waals surface area contributed by atoms with Crippen LogP contribution >= 0.6 is 0 Å². The van der Waals surface area contributed by atoms with Crippen molar-refractivity contribution in [2.75, 3.05) is 13.1 Å². The molecule has 7 nitrogen and oxygen atoms in total. The van der Waals surface area contributed by atoms with E-state index >= 15 is 0 Å². The number of hydrogen-bond acceptors (Lipinski definition) is 3. The van der Waals surface area contributed by atoms with E-state index in [4.69, 9.17) is 0 Å². The number of carbonyl (C=O) groups excluding carboxylic acids is 2. The van der Waals surface area contributed by atoms with Crippen LogP contribution in [0.25, 0.3) is 5.69 Å². The highest BCUT2D eigenvalue weighted by Gasteiger charge is 2.27. The Hall–Kier alpha value is -2.57. The number of amides is 3. The number of aromatic nitrogens is 3. The third kappa shape index (κ3) is 2.42. The molecule has 0 aromatic carbocycles. The van der Waals surface area contributed by atoms with Crippen LogP contribution in [-0.2, 0) is 11.3 Å². The highest BCUT2D eigenvalue weighted by molar-refractivity contribution is 6.01. The molecule has 0 radical (unpaired) electrons. The van der Waals surface area contributed by atoms with Gasteiger partial charge in [-0.1, -0.05) is 0 Å². The molecular formula is C13H15N5O2. The lowest BCUT2D eigenvalue weighted by Gasteiger charge is -2.11. The van der Waals surface area contributed by atoms with Gasteiger partial charge in [0.25, 0.3) is 0 Å². The summed E-state index contributed by atoms with van der Waals surface area (Å²) in [5.41, 5.74) is 0.991. The summed E-state index contributed by atoms with van der Waals surface area (Å²) in [6.07, 6.45) is 8.31. The van der Waals surface area contributed by atoms with Crippen molar-refractivity contribution in [1.82, 2.24) is 24.6 Å². The van der Waals surface area contributed by atoms with Gasteiger partial charge in [-0.15, -0.1) is 0 Å². The summed E-state index contributed by atoms with van der Waals surface area (Å²) in [5.74, 6) is -0.163. The van der Waals surface area contributed by atoms with Gasteiger partial charge in [-0.2, -0.15) is 5.10 Å². The van der Waals surface area contributed by atoms with Crippen molar-refractivity contribution in [2.45, 2.75) is 13.0 Å². The summed E-state index contributed by atoms with van der Waals surface area (Å²) in [6.45, 7) is 1.19. The fourth-order valence-electron chi connectivity index (χ4n) is 2.19. The van der Waals surface area contributed by atoms with Crippen molar-refractivity contribution >= 4 is 11.9 Å². The first-order chi connectivity index (χ1) is 9.74. The fourth-order valence-corrected chi connectivity index (χ4v) is 2.19. The van der Waals surface area contributed by atoms with Crippen LogP contribution in [0, 0.1) is 0 Å². The molecular weight excluding hydrogens is 258 g/mol. The van der Waals surface area contributed by atoms with Gasteiger partial charge in [0.2, 0.25) is 5.91 Å². The number of urea groups is 1. The number of nitrogens with zero attached hydrogens (tertiary/aromatic N) is 4. The lowest BCUT2D eigenvalue weighted by molar-refractivity contribution is -0.125. The summed E-state index contributed by atoms with van der Waals surface area (Å²) in [5, 5.41) is 6.77. The highest BCUT2D eigenvalue weighted by Crippen LogP contribution is 2.07. The summed E-state index contributed by atoms with van der Waals surface area (Å²) < 4.78 is 3.79. The second-order valence-electron chi connectivity index (χ2n) is 4.61. The highest BCUT2D eigenvalue weighted by atomic mass is 16.2. The van der Waals surface area contributed by atoms with Crippen LogP contribution in [0.15, 0.2) is 36.9 Å². The first-order valence-corrected chi connectivity index (χ1v) is 6.48. The van der Waals surface area contributed by atoms with E-state index in [-0.39, 0.29) is 18.5 Å². The van der Waals surface area contributed by atoms with Gasteiger partial charge < -0.3 is 9.88 Å². The van der Waals surface area contributed by atoms with Crippen molar-refractivity contribution in [3.8, 4) is 5.69 Å². The molecule has 0 spiro atoms. The maximum absolute atomic E-state index is 11.4. The normalized spacial score (nSPS) is 14.9. The standard InChI is InChI=1S/C13H15N5O2/c19-12-9-14-13(20)18(12)7-3-6-17-10-11(8-15-17)16-4-1-2-5-16/h1-2,4-5,8,10H,3,6-7,9H2,(H,14,20). The van der Waals surface area contributed by atoms with E-state index < -0.39 is 0 Å². The Bertz CT molecular complexity index is 601. The molecule has 1 saturated heterocycles. The molecule has 20 heavy (non-hydrogen) atoms. The summed E-state index contributed by atoms with van der Waals surface area (Å²) in [6, 6.07) is 3.60. The van der Waals surface area contributed by atoms with Crippen LogP contribution in [0.1, 0.15) is 6.42 Å². The molecule has 1 fully saturated rings. The second-order valence-corrected chi connectivity index (χ2v) is 4.61. The Kier molecular flexibility index (Phi) is 3.24. The average molecular weight is 273 g/mol. The molecule has 1 aliphatic heterocycles. The largest absolute Gasteiger partial charge is 0.329 e. The molecule has 3 amide bonds. The molecule has 0 bridgehead atoms. The Morgan fingerprint density at radius 1 is 1.20 bits per heavy atom. The molecule has 104 valence electrons. The molecule has 0 saturated carbocycles. The van der Waals surface area contributed by atoms with Crippen LogP contribution in [0.5, 0.6) is 0 Å². The molecule has 2 aromatic heterocycles. The Labute approximate surface area is 115 Å². The van der Waals surface area contributed by atoms with E-state index in [0.29, 0.717) is 19.5 Å². The smallest absolute Gasteiger partial charge is 0.324 e. The summed E-state index contributed by atoms with van der Waals surface area (Å²) in [4.78, 5) is 24.0. The van der Waals surface area contributed by atoms with Gasteiger partial charge in [0.05, 0.1) is 18.4 Å². The quantitative estimate of drug-likeness (QED) is 0.811. The number of aryl methyl sites for hydroxylation is 1. The second kappa shape index (κ2) is 5.20. The predicted octanol–water partition coefficient (Wildman–Crippen LogP) is 0.616. The number of carbonyl (C=O) groups is 2. The lowest BCUT2D eigenvalue weighted by atomic mass is 10.4. The van der Waals surface area contributed by atoms with Crippen LogP contribution in [0.2, 0.25) is 0 Å². The average Bonchev–Trinajstić information content (AvgIpc) is 3.14. The van der Waals surface area contributed by atoms with E-state index in [1.54, 1.807) is 6.20 Å². The molecule has 1 aliphatic rings. The summed E-state index contributed by atoms with van der Waals surface area (Å²) in [7, 11) is 0. The molecule has 2 aromatic rings. The van der Waals surface area contributed by atoms with Gasteiger partial charge in [-0.25, -0.2) is 4.79 Å². The lowest BCUT2D eigenvalue weighted by Crippen LogP contribution is -2.32. The first kappa shape index (κ1) is 12.5. The van der Waals surface area contributed by atoms with Gasteiger partial charge >= 0.3 is 6.03 Å². The molecule has 0 atom stereocenters. The number of nitrogens with one attached hydrogen (secondary N) is 1. The van der Waals surface area contributed by atoms with E-state index in [2.05, 4.69) is 10.4 Å². The van der Waals surface area contributed by atoms with Crippen LogP contribution in [-0.4, -0.2) is 44.3 Å². The predicted molar refractivity (Wildman–Crippen MR) is 71.3 cm³/mol. The van der Waals surface area contributed by atoms with E-state index in [9.17, 15) is 9.59 Å². The molecule has 0 aliphatic carbocycles. The Morgan fingerprint density at radius 2 is 2.00 bits per heavy atom. The van der Waals surface area contributed by atoms with Gasteiger partial charge in [-0.05, 0) is 18.6 Å². The van der Waals surface area contributed by atoms with Gasteiger partial charge in [0.15, 0.2) is 0 Å². The zero-order chi connectivity index (χ0) is 13.9. The molecule has 3 heterocycles. The first-order valence-electron chi connectivity index (χ1n) is 6.48. The van der Waals surface area contributed by atoms with Crippen molar-refractivity contribution in [1.29, 1.82) is 0 Å². The number of imide groups is 1. The van der Waals surface area contributed by atoms with E-state index in [1.165, 1.54) is 4.90 Å². The minimum Gasteiger partial charge on any atom is -0.329 e. The van der Waals surface area contributed by atoms with Gasteiger partial charge in [0, 0.05) is 31.7 Å². The maximum atomic E-state index is 11.4. The van der Waals surface area contributed by atoms with Crippen molar-refractivity contribution in [2.24, 2.45) is 0 Å². The number of rotatable bonds is 5. The topological polar surface area (TPSA) is 72.2 Å². The minimum absolute atomic E-state index is 0.110. The van der Waals surface area contributed by atoms with Crippen LogP contribution in [0.4, 0.5) is 4.79 Å². The summed E-state index contributed by atoms with van der Waals surface area (Å²) >= 11 is 0. The third-order valence-corrected chi connectivity index (χ3v) is 3.23. The SMILES string of the molecule is O=C1CNC(=O)N1CCCn1cc(-n2cccc2)cn1. The third-order valence-electron chi connectivity index (χ3n) is 3.23. The zero-order valence-corrected chi connectivity index (χ0v) is 10.9. The Morgan fingerprint density at radius 3 is 2.70 bits per heavy atom. The van der Waals surface area contributed by atoms with Crippen molar-refractivity contribution in [3.63, 3.8) is 0 Å². The molecule has 1 N–H and O–H groups in total. The molecule has 7 heteroatoms. The molecule has 3 rings (SSSR count). The minimum atomic E-state index is -0.302. The van der Waals surface area contributed by atoms with Crippen molar-refractivity contribution < 1.29 is 9.59 Å².